The molecule has 3 aromatic rings. The fourth-order valence-corrected chi connectivity index (χ4v) is 2.97. The quantitative estimate of drug-likeness (QED) is 0.677. The summed E-state index contributed by atoms with van der Waals surface area (Å²) in [6.45, 7) is 1.76. The highest BCUT2D eigenvalue weighted by Gasteiger charge is 2.14. The van der Waals surface area contributed by atoms with E-state index in [2.05, 4.69) is 32.4 Å². The topological polar surface area (TPSA) is 53.6 Å². The first-order valence-corrected chi connectivity index (χ1v) is 7.41. The van der Waals surface area contributed by atoms with Gasteiger partial charge in [0, 0.05) is 36.2 Å². The van der Waals surface area contributed by atoms with Crippen molar-refractivity contribution in [2.75, 3.05) is 6.54 Å². The molecule has 5 heteroatoms. The number of nitrogens with one attached hydrogen (secondary N) is 2. The molecular weight excluding hydrogens is 280 g/mol. The van der Waals surface area contributed by atoms with Crippen LogP contribution in [0.5, 0.6) is 0 Å². The lowest BCUT2D eigenvalue weighted by atomic mass is 10.1. The molecule has 1 aromatic carbocycles. The third-order valence-electron chi connectivity index (χ3n) is 3.80. The minimum Gasteiger partial charge on any atom is -0.341 e. The predicted molar refractivity (Wildman–Crippen MR) is 85.6 cm³/mol. The number of rotatable bonds is 1. The largest absolute Gasteiger partial charge is 0.341 e. The minimum absolute atomic E-state index is 0.668. The van der Waals surface area contributed by atoms with Crippen LogP contribution in [0.15, 0.2) is 36.4 Å². The molecule has 0 atom stereocenters. The molecule has 0 aliphatic carbocycles. The summed E-state index contributed by atoms with van der Waals surface area (Å²) in [6, 6.07) is 12.1. The van der Waals surface area contributed by atoms with Gasteiger partial charge in [-0.25, -0.2) is 9.97 Å². The maximum Gasteiger partial charge on any atom is 0.157 e. The molecule has 4 nitrogen and oxygen atoms in total. The Kier molecular flexibility index (Phi) is 3.02. The summed E-state index contributed by atoms with van der Waals surface area (Å²) in [5, 5.41) is 4.45. The van der Waals surface area contributed by atoms with Crippen molar-refractivity contribution < 1.29 is 0 Å². The second-order valence-electron chi connectivity index (χ2n) is 5.16. The second-order valence-corrected chi connectivity index (χ2v) is 5.55. The van der Waals surface area contributed by atoms with Crippen molar-refractivity contribution in [3.63, 3.8) is 0 Å². The van der Waals surface area contributed by atoms with Gasteiger partial charge in [-0.05, 0) is 12.1 Å². The first kappa shape index (κ1) is 12.6. The molecule has 2 aromatic heterocycles. The van der Waals surface area contributed by atoms with Crippen LogP contribution in [0.4, 0.5) is 0 Å². The van der Waals surface area contributed by atoms with Crippen molar-refractivity contribution in [1.82, 2.24) is 20.3 Å². The number of H-pyrrole nitrogens is 1. The van der Waals surface area contributed by atoms with E-state index < -0.39 is 0 Å². The number of pyridine rings is 1. The average Bonchev–Trinajstić information content (AvgIpc) is 2.54. The van der Waals surface area contributed by atoms with Crippen LogP contribution in [-0.4, -0.2) is 21.5 Å². The van der Waals surface area contributed by atoms with E-state index in [1.807, 2.05) is 24.3 Å². The van der Waals surface area contributed by atoms with Gasteiger partial charge in [-0.15, -0.1) is 0 Å². The number of aromatic amines is 1. The smallest absolute Gasteiger partial charge is 0.157 e. The van der Waals surface area contributed by atoms with Crippen molar-refractivity contribution in [3.05, 3.63) is 52.3 Å². The van der Waals surface area contributed by atoms with Crippen LogP contribution in [-0.2, 0) is 13.0 Å². The van der Waals surface area contributed by atoms with Crippen LogP contribution < -0.4 is 5.32 Å². The summed E-state index contributed by atoms with van der Waals surface area (Å²) in [7, 11) is 0. The lowest BCUT2D eigenvalue weighted by Crippen LogP contribution is -2.25. The van der Waals surface area contributed by atoms with Gasteiger partial charge in [-0.2, -0.15) is 0 Å². The van der Waals surface area contributed by atoms with Gasteiger partial charge < -0.3 is 10.3 Å². The number of hydrogen-bond donors (Lipinski definition) is 2. The predicted octanol–water partition coefficient (Wildman–Crippen LogP) is 3.00. The molecule has 2 N–H and O–H groups in total. The van der Waals surface area contributed by atoms with Crippen molar-refractivity contribution in [1.29, 1.82) is 0 Å². The fraction of sp³-hybridized carbons (Fsp3) is 0.188. The monoisotopic (exact) mass is 294 g/mol. The third kappa shape index (κ3) is 2.24. The van der Waals surface area contributed by atoms with Gasteiger partial charge in [-0.1, -0.05) is 36.5 Å². The molecule has 0 spiro atoms. The summed E-state index contributed by atoms with van der Waals surface area (Å²) in [5.41, 5.74) is 4.09. The van der Waals surface area contributed by atoms with Crippen molar-refractivity contribution in [2.24, 2.45) is 0 Å². The molecule has 0 unspecified atom stereocenters. The van der Waals surface area contributed by atoms with E-state index >= 15 is 0 Å². The van der Waals surface area contributed by atoms with Crippen LogP contribution in [0.1, 0.15) is 11.3 Å². The zero-order valence-corrected chi connectivity index (χ0v) is 12.2. The van der Waals surface area contributed by atoms with Crippen LogP contribution in [0.25, 0.3) is 22.4 Å². The highest BCUT2D eigenvalue weighted by molar-refractivity contribution is 7.71. The van der Waals surface area contributed by atoms with Crippen LogP contribution in [0.3, 0.4) is 0 Å². The summed E-state index contributed by atoms with van der Waals surface area (Å²) in [6.07, 6.45) is 0.947. The molecule has 21 heavy (non-hydrogen) atoms. The molecular formula is C16H14N4S. The fourth-order valence-electron chi connectivity index (χ4n) is 2.69. The van der Waals surface area contributed by atoms with Crippen LogP contribution >= 0.6 is 12.2 Å². The van der Waals surface area contributed by atoms with E-state index in [-0.39, 0.29) is 0 Å². The van der Waals surface area contributed by atoms with E-state index in [9.17, 15) is 0 Å². The maximum absolute atomic E-state index is 5.42. The number of hydrogen-bond acceptors (Lipinski definition) is 4. The minimum atomic E-state index is 0.668. The molecule has 4 rings (SSSR count). The average molecular weight is 294 g/mol. The summed E-state index contributed by atoms with van der Waals surface area (Å²) < 4.78 is 0.668. The van der Waals surface area contributed by atoms with Crippen molar-refractivity contribution in [2.45, 2.75) is 13.0 Å². The van der Waals surface area contributed by atoms with Crippen molar-refractivity contribution in [3.8, 4) is 11.5 Å². The van der Waals surface area contributed by atoms with Gasteiger partial charge in [0.15, 0.2) is 5.82 Å². The van der Waals surface area contributed by atoms with Crippen LogP contribution in [0.2, 0.25) is 0 Å². The van der Waals surface area contributed by atoms with E-state index in [4.69, 9.17) is 12.2 Å². The number of fused-ring (bicyclic) bond motifs is 2. The number of nitrogens with zero attached hydrogens (tertiary/aromatic N) is 2. The maximum atomic E-state index is 5.42. The van der Waals surface area contributed by atoms with E-state index in [1.165, 1.54) is 5.69 Å². The summed E-state index contributed by atoms with van der Waals surface area (Å²) in [5.74, 6) is 0.756. The third-order valence-corrected chi connectivity index (χ3v) is 4.14. The molecule has 0 saturated carbocycles. The normalized spacial score (nSPS) is 14.1. The van der Waals surface area contributed by atoms with Gasteiger partial charge in [0.25, 0.3) is 0 Å². The first-order valence-electron chi connectivity index (χ1n) is 7.00. The van der Waals surface area contributed by atoms with E-state index in [0.717, 1.165) is 47.5 Å². The Morgan fingerprint density at radius 2 is 1.95 bits per heavy atom. The highest BCUT2D eigenvalue weighted by Crippen LogP contribution is 2.20. The molecule has 104 valence electrons. The lowest BCUT2D eigenvalue weighted by Gasteiger charge is -2.17. The zero-order chi connectivity index (χ0) is 14.2. The summed E-state index contributed by atoms with van der Waals surface area (Å²) >= 11 is 5.42. The first-order chi connectivity index (χ1) is 10.3. The molecule has 1 aliphatic heterocycles. The molecule has 0 radical (unpaired) electrons. The molecule has 3 heterocycles. The SMILES string of the molecule is S=c1nc(-c2ccc3ccccc3n2)[nH]c2c1CNCC2. The van der Waals surface area contributed by atoms with E-state index in [0.29, 0.717) is 4.64 Å². The van der Waals surface area contributed by atoms with Gasteiger partial charge in [0.1, 0.15) is 10.3 Å². The molecule has 0 bridgehead atoms. The highest BCUT2D eigenvalue weighted by atomic mass is 32.1. The molecule has 0 amide bonds. The Labute approximate surface area is 127 Å². The molecule has 0 fully saturated rings. The van der Waals surface area contributed by atoms with Crippen LogP contribution in [0, 0.1) is 4.64 Å². The van der Waals surface area contributed by atoms with Gasteiger partial charge in [-0.3, -0.25) is 0 Å². The Hall–Kier alpha value is -2.11. The Morgan fingerprint density at radius 3 is 2.90 bits per heavy atom. The standard InChI is InChI=1S/C16H14N4S/c21-16-11-9-17-8-7-13(11)19-15(20-16)14-6-5-10-3-1-2-4-12(10)18-14/h1-6,17H,7-9H2,(H,19,20,21). The number of aromatic nitrogens is 3. The lowest BCUT2D eigenvalue weighted by molar-refractivity contribution is 0.624. The molecule has 1 aliphatic rings. The molecule has 0 saturated heterocycles. The van der Waals surface area contributed by atoms with Crippen molar-refractivity contribution >= 4 is 23.1 Å². The van der Waals surface area contributed by atoms with Gasteiger partial charge >= 0.3 is 0 Å². The number of benzene rings is 1. The second kappa shape index (κ2) is 5.02. The van der Waals surface area contributed by atoms with E-state index in [1.54, 1.807) is 0 Å². The van der Waals surface area contributed by atoms with Gasteiger partial charge in [0.05, 0.1) is 5.52 Å². The Balaban J connectivity index is 1.88. The number of para-hydroxylation sites is 1. The summed E-state index contributed by atoms with van der Waals surface area (Å²) in [4.78, 5) is 12.6. The van der Waals surface area contributed by atoms with Gasteiger partial charge in [0.2, 0.25) is 0 Å². The Bertz CT molecular complexity index is 885. The zero-order valence-electron chi connectivity index (χ0n) is 11.4. The Morgan fingerprint density at radius 1 is 1.05 bits per heavy atom.